The van der Waals surface area contributed by atoms with Gasteiger partial charge in [-0.15, -0.1) is 0 Å². The maximum atomic E-state index is 5.59. The van der Waals surface area contributed by atoms with Gasteiger partial charge in [-0.05, 0) is 19.1 Å². The van der Waals surface area contributed by atoms with Crippen molar-refractivity contribution in [2.24, 2.45) is 5.84 Å². The first-order chi connectivity index (χ1) is 10.3. The summed E-state index contributed by atoms with van der Waals surface area (Å²) < 4.78 is 5.59. The molecule has 0 aliphatic heterocycles. The fraction of sp³-hybridized carbons (Fsp3) is 0.154. The number of aromatic amines is 1. The number of hydrogen-bond donors (Lipinski definition) is 4. The van der Waals surface area contributed by atoms with Crippen LogP contribution in [0.25, 0.3) is 11.0 Å². The Balaban J connectivity index is 2.03. The number of rotatable bonds is 5. The minimum atomic E-state index is 0.295. The normalized spacial score (nSPS) is 10.6. The van der Waals surface area contributed by atoms with Crippen molar-refractivity contribution in [1.29, 1.82) is 0 Å². The summed E-state index contributed by atoms with van der Waals surface area (Å²) in [4.78, 5) is 8.49. The lowest BCUT2D eigenvalue weighted by Crippen LogP contribution is -2.11. The van der Waals surface area contributed by atoms with Gasteiger partial charge in [0.2, 0.25) is 5.95 Å². The molecule has 108 valence electrons. The molecule has 0 radical (unpaired) electrons. The number of nitrogens with one attached hydrogen (secondary N) is 3. The molecule has 2 aromatic heterocycles. The standard InChI is InChI=1S/C13H15N7O/c1-2-21-10-6-4-3-5-9(10)16-11-8-7-15-20-12(8)18-13(17-11)19-14/h3-7H,2,14H2,1H3,(H3,15,16,17,18,19,20). The molecule has 21 heavy (non-hydrogen) atoms. The van der Waals surface area contributed by atoms with E-state index in [1.807, 2.05) is 31.2 Å². The highest BCUT2D eigenvalue weighted by Crippen LogP contribution is 2.29. The maximum absolute atomic E-state index is 5.59. The minimum Gasteiger partial charge on any atom is -0.492 e. The molecular weight excluding hydrogens is 270 g/mol. The van der Waals surface area contributed by atoms with E-state index in [2.05, 4.69) is 30.9 Å². The molecule has 8 nitrogen and oxygen atoms in total. The maximum Gasteiger partial charge on any atom is 0.241 e. The van der Waals surface area contributed by atoms with E-state index in [1.165, 1.54) is 0 Å². The lowest BCUT2D eigenvalue weighted by Gasteiger charge is -2.12. The Bertz CT molecular complexity index is 755. The van der Waals surface area contributed by atoms with Crippen LogP contribution in [0.15, 0.2) is 30.5 Å². The molecule has 2 heterocycles. The second-order valence-electron chi connectivity index (χ2n) is 4.23. The first kappa shape index (κ1) is 13.1. The molecule has 0 saturated carbocycles. The van der Waals surface area contributed by atoms with E-state index in [9.17, 15) is 0 Å². The molecule has 0 atom stereocenters. The largest absolute Gasteiger partial charge is 0.492 e. The van der Waals surface area contributed by atoms with Crippen LogP contribution >= 0.6 is 0 Å². The Hall–Kier alpha value is -2.87. The van der Waals surface area contributed by atoms with Crippen LogP contribution in [-0.4, -0.2) is 26.8 Å². The van der Waals surface area contributed by atoms with Crippen molar-refractivity contribution in [2.75, 3.05) is 17.3 Å². The zero-order chi connectivity index (χ0) is 14.7. The number of aromatic nitrogens is 4. The van der Waals surface area contributed by atoms with Crippen molar-refractivity contribution < 1.29 is 4.74 Å². The van der Waals surface area contributed by atoms with Gasteiger partial charge >= 0.3 is 0 Å². The predicted octanol–water partition coefficient (Wildman–Crippen LogP) is 1.78. The second-order valence-corrected chi connectivity index (χ2v) is 4.23. The Morgan fingerprint density at radius 2 is 2.14 bits per heavy atom. The molecule has 0 unspecified atom stereocenters. The number of nitrogens with zero attached hydrogens (tertiary/aromatic N) is 3. The van der Waals surface area contributed by atoms with Gasteiger partial charge in [-0.2, -0.15) is 15.1 Å². The predicted molar refractivity (Wildman–Crippen MR) is 80.4 cm³/mol. The molecule has 0 aliphatic rings. The van der Waals surface area contributed by atoms with Crippen molar-refractivity contribution >= 4 is 28.5 Å². The first-order valence-corrected chi connectivity index (χ1v) is 6.48. The van der Waals surface area contributed by atoms with E-state index in [0.717, 1.165) is 16.8 Å². The van der Waals surface area contributed by atoms with Crippen LogP contribution in [0.1, 0.15) is 6.92 Å². The highest BCUT2D eigenvalue weighted by atomic mass is 16.5. The lowest BCUT2D eigenvalue weighted by atomic mass is 10.3. The monoisotopic (exact) mass is 285 g/mol. The van der Waals surface area contributed by atoms with Crippen LogP contribution in [0.4, 0.5) is 17.5 Å². The summed E-state index contributed by atoms with van der Waals surface area (Å²) in [7, 11) is 0. The van der Waals surface area contributed by atoms with Gasteiger partial charge in [0.25, 0.3) is 0 Å². The number of nitrogen functional groups attached to an aromatic ring is 1. The third-order valence-electron chi connectivity index (χ3n) is 2.88. The topological polar surface area (TPSA) is 114 Å². The third-order valence-corrected chi connectivity index (χ3v) is 2.88. The molecule has 1 aromatic carbocycles. The van der Waals surface area contributed by atoms with Crippen molar-refractivity contribution in [1.82, 2.24) is 20.2 Å². The van der Waals surface area contributed by atoms with Crippen LogP contribution < -0.4 is 21.3 Å². The third kappa shape index (κ3) is 2.56. The summed E-state index contributed by atoms with van der Waals surface area (Å²) in [6.07, 6.45) is 1.65. The van der Waals surface area contributed by atoms with E-state index in [4.69, 9.17) is 10.6 Å². The number of hydrazine groups is 1. The number of ether oxygens (including phenoxy) is 1. The van der Waals surface area contributed by atoms with E-state index < -0.39 is 0 Å². The van der Waals surface area contributed by atoms with Gasteiger partial charge < -0.3 is 10.1 Å². The summed E-state index contributed by atoms with van der Waals surface area (Å²) in [6.45, 7) is 2.52. The molecule has 8 heteroatoms. The second kappa shape index (κ2) is 5.63. The molecule has 0 aliphatic carbocycles. The Morgan fingerprint density at radius 1 is 1.29 bits per heavy atom. The van der Waals surface area contributed by atoms with Crippen LogP contribution in [0, 0.1) is 0 Å². The van der Waals surface area contributed by atoms with Crippen LogP contribution in [0.5, 0.6) is 5.75 Å². The highest BCUT2D eigenvalue weighted by Gasteiger charge is 2.11. The van der Waals surface area contributed by atoms with Gasteiger partial charge in [0, 0.05) is 0 Å². The number of hydrogen-bond acceptors (Lipinski definition) is 7. The van der Waals surface area contributed by atoms with Gasteiger partial charge in [0.05, 0.1) is 23.9 Å². The van der Waals surface area contributed by atoms with Crippen molar-refractivity contribution in [3.8, 4) is 5.75 Å². The average Bonchev–Trinajstić information content (AvgIpc) is 2.98. The molecule has 5 N–H and O–H groups in total. The van der Waals surface area contributed by atoms with Gasteiger partial charge in [-0.25, -0.2) is 5.84 Å². The van der Waals surface area contributed by atoms with E-state index >= 15 is 0 Å². The quantitative estimate of drug-likeness (QED) is 0.417. The van der Waals surface area contributed by atoms with E-state index in [0.29, 0.717) is 24.0 Å². The molecule has 0 fully saturated rings. The van der Waals surface area contributed by atoms with Crippen LogP contribution in [-0.2, 0) is 0 Å². The van der Waals surface area contributed by atoms with Crippen molar-refractivity contribution in [3.05, 3.63) is 30.5 Å². The molecule has 3 aromatic rings. The SMILES string of the molecule is CCOc1ccccc1Nc1nc(NN)nc2[nH]ncc12. The summed E-state index contributed by atoms with van der Waals surface area (Å²) >= 11 is 0. The van der Waals surface area contributed by atoms with Gasteiger partial charge in [-0.3, -0.25) is 10.5 Å². The van der Waals surface area contributed by atoms with Gasteiger partial charge in [0.1, 0.15) is 11.6 Å². The number of para-hydroxylation sites is 2. The fourth-order valence-corrected chi connectivity index (χ4v) is 1.97. The number of anilines is 3. The average molecular weight is 285 g/mol. The van der Waals surface area contributed by atoms with E-state index in [-0.39, 0.29) is 0 Å². The minimum absolute atomic E-state index is 0.295. The summed E-state index contributed by atoms with van der Waals surface area (Å²) in [5.74, 6) is 7.02. The van der Waals surface area contributed by atoms with Crippen molar-refractivity contribution in [2.45, 2.75) is 6.92 Å². The zero-order valence-electron chi connectivity index (χ0n) is 11.4. The zero-order valence-corrected chi connectivity index (χ0v) is 11.4. The molecule has 3 rings (SSSR count). The van der Waals surface area contributed by atoms with E-state index in [1.54, 1.807) is 6.20 Å². The smallest absolute Gasteiger partial charge is 0.241 e. The first-order valence-electron chi connectivity index (χ1n) is 6.48. The van der Waals surface area contributed by atoms with Gasteiger partial charge in [0.15, 0.2) is 5.65 Å². The molecule has 0 bridgehead atoms. The molecular formula is C13H15N7O. The summed E-state index contributed by atoms with van der Waals surface area (Å²) in [6, 6.07) is 7.63. The molecule has 0 spiro atoms. The van der Waals surface area contributed by atoms with Crippen LogP contribution in [0.3, 0.4) is 0 Å². The Labute approximate surface area is 120 Å². The molecule has 0 saturated heterocycles. The number of H-pyrrole nitrogens is 1. The number of benzene rings is 1. The molecule has 0 amide bonds. The number of fused-ring (bicyclic) bond motifs is 1. The summed E-state index contributed by atoms with van der Waals surface area (Å²) in [5.41, 5.74) is 3.83. The Kier molecular flexibility index (Phi) is 3.52. The highest BCUT2D eigenvalue weighted by molar-refractivity contribution is 5.89. The number of nitrogens with two attached hydrogens (primary N) is 1. The van der Waals surface area contributed by atoms with Crippen LogP contribution in [0.2, 0.25) is 0 Å². The fourth-order valence-electron chi connectivity index (χ4n) is 1.97. The van der Waals surface area contributed by atoms with Gasteiger partial charge in [-0.1, -0.05) is 12.1 Å². The summed E-state index contributed by atoms with van der Waals surface area (Å²) in [5, 5.41) is 10.8. The van der Waals surface area contributed by atoms with Crippen molar-refractivity contribution in [3.63, 3.8) is 0 Å². The Morgan fingerprint density at radius 3 is 2.95 bits per heavy atom. The lowest BCUT2D eigenvalue weighted by molar-refractivity contribution is 0.342.